The third-order valence-corrected chi connectivity index (χ3v) is 7.94. The number of aryl methyl sites for hydroxylation is 1. The van der Waals surface area contributed by atoms with Crippen molar-refractivity contribution in [3.63, 3.8) is 0 Å². The van der Waals surface area contributed by atoms with E-state index in [0.717, 1.165) is 21.2 Å². The number of hydrogen-bond acceptors (Lipinski definition) is 5. The number of anilines is 1. The average Bonchev–Trinajstić information content (AvgIpc) is 3.49. The first kappa shape index (κ1) is 21.8. The molecule has 3 atom stereocenters. The van der Waals surface area contributed by atoms with Gasteiger partial charge in [-0.25, -0.2) is 4.90 Å². The Hall–Kier alpha value is -4.42. The Morgan fingerprint density at radius 3 is 2.03 bits per heavy atom. The van der Waals surface area contributed by atoms with Gasteiger partial charge < -0.3 is 4.74 Å². The van der Waals surface area contributed by atoms with E-state index >= 15 is 0 Å². The molecule has 1 spiro atoms. The molecule has 0 aromatic heterocycles. The van der Waals surface area contributed by atoms with E-state index in [1.807, 2.05) is 61.5 Å². The number of carbonyl (C=O) groups is 4. The molecule has 0 bridgehead atoms. The zero-order valence-corrected chi connectivity index (χ0v) is 19.9. The highest BCUT2D eigenvalue weighted by Gasteiger charge is 2.74. The monoisotopic (exact) mass is 487 g/mol. The highest BCUT2D eigenvalue weighted by Crippen LogP contribution is 2.58. The summed E-state index contributed by atoms with van der Waals surface area (Å²) in [5, 5.41) is 1.77. The molecule has 0 saturated carbocycles. The predicted octanol–water partition coefficient (Wildman–Crippen LogP) is 4.84. The zero-order chi connectivity index (χ0) is 25.5. The van der Waals surface area contributed by atoms with Crippen molar-refractivity contribution in [3.05, 3.63) is 113 Å². The Kier molecular flexibility index (Phi) is 4.45. The second-order valence-corrected chi connectivity index (χ2v) is 9.90. The van der Waals surface area contributed by atoms with Gasteiger partial charge in [-0.05, 0) is 35.4 Å². The molecule has 0 unspecified atom stereocenters. The molecule has 0 N–H and O–H groups in total. The van der Waals surface area contributed by atoms with Crippen LogP contribution in [0.5, 0.6) is 0 Å². The van der Waals surface area contributed by atoms with Crippen molar-refractivity contribution in [1.82, 2.24) is 0 Å². The van der Waals surface area contributed by atoms with Crippen LogP contribution in [0, 0.1) is 18.8 Å². The maximum absolute atomic E-state index is 14.0. The summed E-state index contributed by atoms with van der Waals surface area (Å²) in [5.41, 5.74) is 0.429. The summed E-state index contributed by atoms with van der Waals surface area (Å²) >= 11 is 0. The lowest BCUT2D eigenvalue weighted by molar-refractivity contribution is -0.127. The molecule has 6 nitrogen and oxygen atoms in total. The van der Waals surface area contributed by atoms with Crippen molar-refractivity contribution in [2.75, 3.05) is 4.90 Å². The van der Waals surface area contributed by atoms with Gasteiger partial charge in [0.1, 0.15) is 0 Å². The Labute approximate surface area is 212 Å². The number of ether oxygens (including phenoxy) is 1. The SMILES string of the molecule is Cc1ccc(N2C(=O)[C@@H]3[C@H](c4cccc5ccccc45)OC4(C(=O)c5ccccc5C4=O)[C@H]3C2=O)cc1. The molecular formula is C31H21NO5. The summed E-state index contributed by atoms with van der Waals surface area (Å²) in [4.78, 5) is 57.1. The lowest BCUT2D eigenvalue weighted by Crippen LogP contribution is -2.51. The number of carbonyl (C=O) groups excluding carboxylic acids is 4. The molecule has 4 aromatic carbocycles. The van der Waals surface area contributed by atoms with E-state index in [-0.39, 0.29) is 11.1 Å². The third-order valence-electron chi connectivity index (χ3n) is 7.94. The second kappa shape index (κ2) is 7.54. The van der Waals surface area contributed by atoms with Crippen LogP contribution in [0.2, 0.25) is 0 Å². The fraction of sp³-hybridized carbons (Fsp3) is 0.161. The number of Topliss-reactive ketones (excluding diaryl/α,β-unsaturated/α-hetero) is 2. The van der Waals surface area contributed by atoms with Crippen molar-refractivity contribution in [2.24, 2.45) is 11.8 Å². The number of amides is 2. The number of benzene rings is 4. The summed E-state index contributed by atoms with van der Waals surface area (Å²) in [6, 6.07) is 26.9. The van der Waals surface area contributed by atoms with Crippen molar-refractivity contribution in [3.8, 4) is 0 Å². The minimum Gasteiger partial charge on any atom is -0.349 e. The molecule has 7 rings (SSSR count). The van der Waals surface area contributed by atoms with Gasteiger partial charge in [0.2, 0.25) is 29.0 Å². The smallest absolute Gasteiger partial charge is 0.241 e. The molecule has 2 aliphatic heterocycles. The van der Waals surface area contributed by atoms with E-state index in [0.29, 0.717) is 11.3 Å². The quantitative estimate of drug-likeness (QED) is 0.299. The molecule has 1 aliphatic carbocycles. The molecule has 0 radical (unpaired) electrons. The van der Waals surface area contributed by atoms with Gasteiger partial charge in [-0.2, -0.15) is 0 Å². The predicted molar refractivity (Wildman–Crippen MR) is 136 cm³/mol. The second-order valence-electron chi connectivity index (χ2n) is 9.90. The van der Waals surface area contributed by atoms with Crippen molar-refractivity contribution >= 4 is 39.8 Å². The van der Waals surface area contributed by atoms with Gasteiger partial charge >= 0.3 is 0 Å². The van der Waals surface area contributed by atoms with Crippen LogP contribution in [0.15, 0.2) is 91.0 Å². The largest absolute Gasteiger partial charge is 0.349 e. The maximum atomic E-state index is 14.0. The Morgan fingerprint density at radius 1 is 0.703 bits per heavy atom. The summed E-state index contributed by atoms with van der Waals surface area (Å²) in [5.74, 6) is -4.46. The van der Waals surface area contributed by atoms with Gasteiger partial charge in [-0.3, -0.25) is 19.2 Å². The molecule has 6 heteroatoms. The van der Waals surface area contributed by atoms with Crippen LogP contribution in [-0.4, -0.2) is 29.0 Å². The number of imide groups is 1. The molecule has 2 heterocycles. The van der Waals surface area contributed by atoms with E-state index in [1.54, 1.807) is 36.4 Å². The van der Waals surface area contributed by atoms with Gasteiger partial charge in [0.05, 0.1) is 23.6 Å². The first-order chi connectivity index (χ1) is 17.9. The normalized spacial score (nSPS) is 23.8. The van der Waals surface area contributed by atoms with Crippen molar-refractivity contribution in [2.45, 2.75) is 18.6 Å². The van der Waals surface area contributed by atoms with Crippen LogP contribution in [0.1, 0.15) is 37.9 Å². The fourth-order valence-electron chi connectivity index (χ4n) is 6.25. The zero-order valence-electron chi connectivity index (χ0n) is 19.9. The Morgan fingerprint density at radius 2 is 1.32 bits per heavy atom. The van der Waals surface area contributed by atoms with E-state index < -0.39 is 46.9 Å². The highest BCUT2D eigenvalue weighted by atomic mass is 16.5. The topological polar surface area (TPSA) is 80.8 Å². The first-order valence-corrected chi connectivity index (χ1v) is 12.2. The van der Waals surface area contributed by atoms with Crippen LogP contribution in [0.4, 0.5) is 5.69 Å². The summed E-state index contributed by atoms with van der Waals surface area (Å²) < 4.78 is 6.45. The minimum atomic E-state index is -2.08. The first-order valence-electron chi connectivity index (χ1n) is 12.2. The molecule has 37 heavy (non-hydrogen) atoms. The van der Waals surface area contributed by atoms with Crippen molar-refractivity contribution in [1.29, 1.82) is 0 Å². The van der Waals surface area contributed by atoms with Crippen LogP contribution >= 0.6 is 0 Å². The number of fused-ring (bicyclic) bond motifs is 4. The maximum Gasteiger partial charge on any atom is 0.241 e. The van der Waals surface area contributed by atoms with Gasteiger partial charge in [0.15, 0.2) is 0 Å². The average molecular weight is 488 g/mol. The molecule has 180 valence electrons. The van der Waals surface area contributed by atoms with Crippen LogP contribution in [0.25, 0.3) is 10.8 Å². The third kappa shape index (κ3) is 2.73. The number of nitrogens with zero attached hydrogens (tertiary/aromatic N) is 1. The highest BCUT2D eigenvalue weighted by molar-refractivity contribution is 6.37. The Bertz CT molecular complexity index is 1630. The lowest BCUT2D eigenvalue weighted by Gasteiger charge is -2.27. The summed E-state index contributed by atoms with van der Waals surface area (Å²) in [7, 11) is 0. The van der Waals surface area contributed by atoms with Gasteiger partial charge in [-0.15, -0.1) is 0 Å². The lowest BCUT2D eigenvalue weighted by atomic mass is 9.77. The van der Waals surface area contributed by atoms with Crippen LogP contribution < -0.4 is 4.90 Å². The van der Waals surface area contributed by atoms with E-state index in [9.17, 15) is 19.2 Å². The number of ketones is 2. The molecule has 2 saturated heterocycles. The summed E-state index contributed by atoms with van der Waals surface area (Å²) in [6.45, 7) is 1.92. The van der Waals surface area contributed by atoms with Gasteiger partial charge in [0.25, 0.3) is 0 Å². The molecule has 4 aromatic rings. The van der Waals surface area contributed by atoms with E-state index in [1.165, 1.54) is 0 Å². The number of rotatable bonds is 2. The summed E-state index contributed by atoms with van der Waals surface area (Å²) in [6.07, 6.45) is -0.954. The Balaban J connectivity index is 1.46. The standard InChI is InChI=1S/C31H21NO5/c1-17-13-15-19(16-14-17)32-29(35)24-25(30(32)36)31(27(33)22-10-4-5-11-23(22)28(31)34)37-26(24)21-12-6-8-18-7-2-3-9-20(18)21/h2-16,24-26H,1H3/t24-,25+,26-/m0/s1. The molecule has 2 fully saturated rings. The fourth-order valence-corrected chi connectivity index (χ4v) is 6.25. The molecule has 3 aliphatic rings. The van der Waals surface area contributed by atoms with Gasteiger partial charge in [0, 0.05) is 11.1 Å². The van der Waals surface area contributed by atoms with Crippen molar-refractivity contribution < 1.29 is 23.9 Å². The van der Waals surface area contributed by atoms with Crippen LogP contribution in [0.3, 0.4) is 0 Å². The molecule has 2 amide bonds. The van der Waals surface area contributed by atoms with E-state index in [4.69, 9.17) is 4.74 Å². The minimum absolute atomic E-state index is 0.221. The number of hydrogen-bond donors (Lipinski definition) is 0. The van der Waals surface area contributed by atoms with Crippen LogP contribution in [-0.2, 0) is 14.3 Å². The van der Waals surface area contributed by atoms with E-state index in [2.05, 4.69) is 0 Å². The van der Waals surface area contributed by atoms with Gasteiger partial charge in [-0.1, -0.05) is 84.4 Å². The molecular weight excluding hydrogens is 466 g/mol.